The number of aromatic nitrogens is 5. The van der Waals surface area contributed by atoms with Crippen molar-refractivity contribution in [3.63, 3.8) is 0 Å². The lowest BCUT2D eigenvalue weighted by atomic mass is 9.87. The minimum atomic E-state index is -3.53. The highest BCUT2D eigenvalue weighted by Crippen LogP contribution is 2.28. The van der Waals surface area contributed by atoms with Gasteiger partial charge in [0.25, 0.3) is 0 Å². The molecule has 1 saturated heterocycles. The fourth-order valence-corrected chi connectivity index (χ4v) is 8.73. The predicted molar refractivity (Wildman–Crippen MR) is 239 cm³/mol. The summed E-state index contributed by atoms with van der Waals surface area (Å²) in [5, 5.41) is 11.9. The Labute approximate surface area is 350 Å². The van der Waals surface area contributed by atoms with E-state index >= 15 is 0 Å². The fraction of sp³-hybridized carbons (Fsp3) is 0.500. The van der Waals surface area contributed by atoms with Gasteiger partial charge >= 0.3 is 5.69 Å². The Morgan fingerprint density at radius 2 is 1.64 bits per heavy atom. The normalized spacial score (nSPS) is 14.0. The highest BCUT2D eigenvalue weighted by Gasteiger charge is 2.32. The Balaban J connectivity index is 0.000000224. The molecule has 14 nitrogen and oxygen atoms in total. The zero-order valence-electron chi connectivity index (χ0n) is 36.0. The fourth-order valence-electron chi connectivity index (χ4n) is 7.01. The number of fused-ring (bicyclic) bond motifs is 1. The van der Waals surface area contributed by atoms with Gasteiger partial charge < -0.3 is 27.1 Å². The van der Waals surface area contributed by atoms with E-state index in [0.29, 0.717) is 23.6 Å². The molecular formula is C44H65N11O3S. The quantitative estimate of drug-likeness (QED) is 0.0526. The average molecular weight is 828 g/mol. The summed E-state index contributed by atoms with van der Waals surface area (Å²) in [5.74, 6) is 0.123. The minimum absolute atomic E-state index is 0.0000508. The van der Waals surface area contributed by atoms with Crippen LogP contribution in [0, 0.1) is 0 Å². The maximum Gasteiger partial charge on any atom is 0.354 e. The Morgan fingerprint density at radius 3 is 2.25 bits per heavy atom. The van der Waals surface area contributed by atoms with Gasteiger partial charge in [0.2, 0.25) is 10.0 Å². The molecule has 0 amide bonds. The monoisotopic (exact) mass is 827 g/mol. The molecule has 3 aromatic heterocycles. The molecule has 320 valence electrons. The number of H-pyrrole nitrogens is 1. The Morgan fingerprint density at radius 1 is 0.949 bits per heavy atom. The second-order valence-electron chi connectivity index (χ2n) is 17.3. The number of nitrogens with one attached hydrogen (secondary N) is 3. The molecule has 0 atom stereocenters. The maximum atomic E-state index is 13.6. The van der Waals surface area contributed by atoms with Crippen LogP contribution in [0.25, 0.3) is 16.7 Å². The number of nitrogens with zero attached hydrogens (tertiary/aromatic N) is 6. The molecule has 4 heterocycles. The van der Waals surface area contributed by atoms with Crippen LogP contribution >= 0.6 is 0 Å². The molecule has 0 spiro atoms. The molecule has 15 heteroatoms. The van der Waals surface area contributed by atoms with E-state index in [1.54, 1.807) is 21.0 Å². The van der Waals surface area contributed by atoms with Gasteiger partial charge in [-0.2, -0.15) is 14.4 Å². The molecule has 59 heavy (non-hydrogen) atoms. The number of aromatic amines is 1. The number of nitrogens with two attached hydrogens (primary N) is 2. The molecule has 0 aliphatic carbocycles. The van der Waals surface area contributed by atoms with Crippen LogP contribution in [0.15, 0.2) is 87.9 Å². The predicted octanol–water partition coefficient (Wildman–Crippen LogP) is 5.34. The van der Waals surface area contributed by atoms with Gasteiger partial charge in [0.1, 0.15) is 5.65 Å². The first-order chi connectivity index (χ1) is 27.9. The third-order valence-corrected chi connectivity index (χ3v) is 12.5. The molecule has 0 bridgehead atoms. The number of rotatable bonds is 15. The lowest BCUT2D eigenvalue weighted by Crippen LogP contribution is -2.46. The number of aliphatic imine (C=N–C) groups is 1. The van der Waals surface area contributed by atoms with Crippen LogP contribution in [0.1, 0.15) is 96.5 Å². The lowest BCUT2D eigenvalue weighted by Gasteiger charge is -2.34. The molecule has 5 aromatic rings. The van der Waals surface area contributed by atoms with Crippen molar-refractivity contribution in [3.05, 3.63) is 106 Å². The van der Waals surface area contributed by atoms with Gasteiger partial charge in [0.05, 0.1) is 16.8 Å². The Hall–Kier alpha value is -4.83. The zero-order chi connectivity index (χ0) is 42.8. The first-order valence-electron chi connectivity index (χ1n) is 20.8. The topological polar surface area (TPSA) is 194 Å². The SMILES string of the molecule is CC(C)(C)c1cc2cn(-c3ccc(CNCCCN=C(N)N)cc3)c(=O)nc2[nH]1.CCn1cc(CCCN(C2CCNCC2)S(=O)(=O)c2ccc(C(C)(C)C)cc2)cn1. The van der Waals surface area contributed by atoms with Crippen molar-refractivity contribution in [2.24, 2.45) is 16.5 Å². The van der Waals surface area contributed by atoms with Crippen molar-refractivity contribution < 1.29 is 8.42 Å². The van der Waals surface area contributed by atoms with Crippen molar-refractivity contribution in [3.8, 4) is 5.69 Å². The number of guanidine groups is 1. The molecule has 7 N–H and O–H groups in total. The number of hydrogen-bond acceptors (Lipinski definition) is 8. The summed E-state index contributed by atoms with van der Waals surface area (Å²) in [4.78, 5) is 24.3. The third kappa shape index (κ3) is 12.6. The number of aryl methyl sites for hydroxylation is 2. The van der Waals surface area contributed by atoms with Crippen LogP contribution in [0.2, 0.25) is 0 Å². The van der Waals surface area contributed by atoms with E-state index in [1.807, 2.05) is 53.5 Å². The standard InChI is InChI=1S/C23H36N4O2S.C21H29N7O/c1-5-26-18-19(17-25-26)7-6-16-27(21-12-14-24-15-13-21)30(28,29)22-10-8-20(9-11-22)23(2,3)4;1-21(2,3)17-11-15-13-28(20(29)27-18(15)26-17)16-7-5-14(6-8-16)12-24-9-4-10-25-19(22)23/h8-11,17-18,21,24H,5-7,12-16H2,1-4H3;5-8,11,13,24H,4,9-10,12H2,1-3H3,(H4,22,23,25)(H,26,27,29). The highest BCUT2D eigenvalue weighted by atomic mass is 32.2. The summed E-state index contributed by atoms with van der Waals surface area (Å²) in [7, 11) is -3.53. The molecule has 1 aliphatic heterocycles. The largest absolute Gasteiger partial charge is 0.370 e. The summed E-state index contributed by atoms with van der Waals surface area (Å²) in [6, 6.07) is 17.4. The molecule has 0 radical (unpaired) electrons. The van der Waals surface area contributed by atoms with E-state index in [2.05, 4.69) is 91.4 Å². The van der Waals surface area contributed by atoms with Crippen LogP contribution < -0.4 is 27.8 Å². The first-order valence-corrected chi connectivity index (χ1v) is 22.2. The van der Waals surface area contributed by atoms with Crippen molar-refractivity contribution >= 4 is 27.0 Å². The molecule has 0 unspecified atom stereocenters. The molecule has 1 aliphatic rings. The maximum absolute atomic E-state index is 13.6. The summed E-state index contributed by atoms with van der Waals surface area (Å²) in [5.41, 5.74) is 16.2. The van der Waals surface area contributed by atoms with Gasteiger partial charge in [-0.25, -0.2) is 13.2 Å². The molecule has 6 rings (SSSR count). The summed E-state index contributed by atoms with van der Waals surface area (Å²) >= 11 is 0. The van der Waals surface area contributed by atoms with Gasteiger partial charge in [-0.3, -0.25) is 14.2 Å². The van der Waals surface area contributed by atoms with Crippen LogP contribution in [0.5, 0.6) is 0 Å². The molecule has 1 fully saturated rings. The van der Waals surface area contributed by atoms with Gasteiger partial charge in [-0.15, -0.1) is 0 Å². The summed E-state index contributed by atoms with van der Waals surface area (Å²) < 4.78 is 32.4. The number of hydrogen-bond donors (Lipinski definition) is 5. The van der Waals surface area contributed by atoms with Crippen LogP contribution in [-0.2, 0) is 40.4 Å². The number of piperidine rings is 1. The van der Waals surface area contributed by atoms with E-state index < -0.39 is 10.0 Å². The van der Waals surface area contributed by atoms with E-state index in [1.165, 1.54) is 0 Å². The molecular weight excluding hydrogens is 763 g/mol. The van der Waals surface area contributed by atoms with Crippen molar-refractivity contribution in [2.45, 2.75) is 115 Å². The van der Waals surface area contributed by atoms with E-state index in [0.717, 1.165) is 98.3 Å². The second-order valence-corrected chi connectivity index (χ2v) is 19.2. The second kappa shape index (κ2) is 19.9. The average Bonchev–Trinajstić information content (AvgIpc) is 3.85. The smallest absolute Gasteiger partial charge is 0.354 e. The van der Waals surface area contributed by atoms with Gasteiger partial charge in [-0.05, 0) is 111 Å². The molecule has 2 aromatic carbocycles. The van der Waals surface area contributed by atoms with Crippen LogP contribution in [-0.4, -0.2) is 81.8 Å². The highest BCUT2D eigenvalue weighted by molar-refractivity contribution is 7.89. The zero-order valence-corrected chi connectivity index (χ0v) is 36.8. The molecule has 0 saturated carbocycles. The van der Waals surface area contributed by atoms with E-state index in [9.17, 15) is 13.2 Å². The van der Waals surface area contributed by atoms with Crippen molar-refractivity contribution in [1.29, 1.82) is 0 Å². The van der Waals surface area contributed by atoms with Crippen molar-refractivity contribution in [2.75, 3.05) is 32.7 Å². The Bertz CT molecular complexity index is 2290. The number of sulfonamides is 1. The Kier molecular flexibility index (Phi) is 15.3. The van der Waals surface area contributed by atoms with Gasteiger partial charge in [0, 0.05) is 61.1 Å². The lowest BCUT2D eigenvalue weighted by molar-refractivity contribution is 0.260. The third-order valence-electron chi connectivity index (χ3n) is 10.6. The summed E-state index contributed by atoms with van der Waals surface area (Å²) in [6.07, 6.45) is 9.98. The van der Waals surface area contributed by atoms with E-state index in [-0.39, 0.29) is 28.5 Å². The van der Waals surface area contributed by atoms with E-state index in [4.69, 9.17) is 11.5 Å². The summed E-state index contributed by atoms with van der Waals surface area (Å²) in [6.45, 7) is 20.1. The van der Waals surface area contributed by atoms with Crippen LogP contribution in [0.4, 0.5) is 0 Å². The van der Waals surface area contributed by atoms with Gasteiger partial charge in [0.15, 0.2) is 5.96 Å². The van der Waals surface area contributed by atoms with Crippen molar-refractivity contribution in [1.82, 2.24) is 39.3 Å². The number of benzene rings is 2. The minimum Gasteiger partial charge on any atom is -0.370 e. The van der Waals surface area contributed by atoms with Gasteiger partial charge in [-0.1, -0.05) is 65.8 Å². The van der Waals surface area contributed by atoms with Crippen LogP contribution in [0.3, 0.4) is 0 Å². The first kappa shape index (κ1) is 45.3.